The molecule has 0 spiro atoms. The van der Waals surface area contributed by atoms with Crippen LogP contribution in [0.4, 0.5) is 0 Å². The number of hydrogen-bond donors (Lipinski definition) is 0. The minimum Gasteiger partial charge on any atom is -0.0656 e. The van der Waals surface area contributed by atoms with Crippen molar-refractivity contribution in [3.05, 3.63) is 21.8 Å². The van der Waals surface area contributed by atoms with E-state index >= 15 is 0 Å². The lowest BCUT2D eigenvalue weighted by Gasteiger charge is -2.23. The molecule has 0 heterocycles. The van der Waals surface area contributed by atoms with E-state index in [9.17, 15) is 0 Å². The van der Waals surface area contributed by atoms with Gasteiger partial charge in [-0.2, -0.15) is 0 Å². The van der Waals surface area contributed by atoms with E-state index in [1.807, 2.05) is 0 Å². The van der Waals surface area contributed by atoms with E-state index in [2.05, 4.69) is 80.1 Å². The zero-order valence-corrected chi connectivity index (χ0v) is 14.8. The maximum atomic E-state index is 2.47. The molecule has 0 amide bonds. The number of benzene rings is 1. The van der Waals surface area contributed by atoms with E-state index in [1.54, 1.807) is 10.4 Å². The predicted molar refractivity (Wildman–Crippen MR) is 85.1 cm³/mol. The third-order valence-electron chi connectivity index (χ3n) is 2.63. The molecule has 0 aromatic heterocycles. The minimum atomic E-state index is -1.16. The molecule has 0 saturated heterocycles. The Bertz CT molecular complexity index is 327. The van der Waals surface area contributed by atoms with Crippen LogP contribution in [0.5, 0.6) is 0 Å². The third kappa shape index (κ3) is 3.71. The van der Waals surface area contributed by atoms with Crippen molar-refractivity contribution in [2.75, 3.05) is 0 Å². The standard InChI is InChI=1S/C12H21ISi2/c1-14(2,3)11-7-10(13)8-12(9-11)15(4,5)6/h7-9H,1-6H3. The number of halogens is 1. The first-order valence-electron chi connectivity index (χ1n) is 5.42. The Morgan fingerprint density at radius 1 is 0.733 bits per heavy atom. The smallest absolute Gasteiger partial charge is 0.0656 e. The molecule has 0 N–H and O–H groups in total. The fourth-order valence-corrected chi connectivity index (χ4v) is 5.21. The van der Waals surface area contributed by atoms with Crippen molar-refractivity contribution in [3.8, 4) is 0 Å². The van der Waals surface area contributed by atoms with Gasteiger partial charge in [0.1, 0.15) is 0 Å². The molecular weight excluding hydrogens is 327 g/mol. The molecule has 15 heavy (non-hydrogen) atoms. The normalized spacial score (nSPS) is 13.0. The SMILES string of the molecule is C[Si](C)(C)c1cc(I)cc([Si](C)(C)C)c1. The van der Waals surface area contributed by atoms with Crippen molar-refractivity contribution in [2.24, 2.45) is 0 Å². The van der Waals surface area contributed by atoms with Gasteiger partial charge in [-0.3, -0.25) is 0 Å². The summed E-state index contributed by atoms with van der Waals surface area (Å²) in [6.07, 6.45) is 0. The van der Waals surface area contributed by atoms with Gasteiger partial charge in [-0.1, -0.05) is 55.7 Å². The van der Waals surface area contributed by atoms with Gasteiger partial charge in [0.05, 0.1) is 16.1 Å². The van der Waals surface area contributed by atoms with Crippen molar-refractivity contribution >= 4 is 49.1 Å². The highest BCUT2D eigenvalue weighted by Crippen LogP contribution is 2.10. The first-order valence-corrected chi connectivity index (χ1v) is 13.5. The van der Waals surface area contributed by atoms with Crippen molar-refractivity contribution in [1.29, 1.82) is 0 Å². The van der Waals surface area contributed by atoms with Crippen molar-refractivity contribution in [3.63, 3.8) is 0 Å². The molecule has 0 aliphatic heterocycles. The van der Waals surface area contributed by atoms with Crippen LogP contribution in [-0.2, 0) is 0 Å². The highest BCUT2D eigenvalue weighted by Gasteiger charge is 2.22. The molecular formula is C12H21ISi2. The largest absolute Gasteiger partial charge is 0.0776 e. The summed E-state index contributed by atoms with van der Waals surface area (Å²) in [4.78, 5) is 0. The Kier molecular flexibility index (Phi) is 3.89. The molecule has 0 unspecified atom stereocenters. The Labute approximate surface area is 110 Å². The average Bonchev–Trinajstić information content (AvgIpc) is 1.99. The van der Waals surface area contributed by atoms with Gasteiger partial charge < -0.3 is 0 Å². The van der Waals surface area contributed by atoms with Gasteiger partial charge in [-0.25, -0.2) is 0 Å². The van der Waals surface area contributed by atoms with Crippen molar-refractivity contribution in [2.45, 2.75) is 39.3 Å². The summed E-state index contributed by atoms with van der Waals surface area (Å²) >= 11 is 2.46. The molecule has 0 radical (unpaired) electrons. The first-order chi connectivity index (χ1) is 6.60. The Hall–Kier alpha value is 0.384. The van der Waals surface area contributed by atoms with Crippen LogP contribution in [0.25, 0.3) is 0 Å². The van der Waals surface area contributed by atoms with Crippen molar-refractivity contribution in [1.82, 2.24) is 0 Å². The predicted octanol–water partition coefficient (Wildman–Crippen LogP) is 3.38. The molecule has 3 heteroatoms. The molecule has 0 saturated carbocycles. The molecule has 0 nitrogen and oxygen atoms in total. The van der Waals surface area contributed by atoms with E-state index < -0.39 is 16.1 Å². The second-order valence-corrected chi connectivity index (χ2v) is 17.6. The summed E-state index contributed by atoms with van der Waals surface area (Å²) in [5, 5.41) is 3.21. The number of rotatable bonds is 2. The molecule has 0 fully saturated rings. The second-order valence-electron chi connectivity index (χ2n) is 6.23. The summed E-state index contributed by atoms with van der Waals surface area (Å²) in [5.74, 6) is 0. The Morgan fingerprint density at radius 2 is 1.07 bits per heavy atom. The lowest BCUT2D eigenvalue weighted by molar-refractivity contribution is 1.63. The monoisotopic (exact) mass is 348 g/mol. The Morgan fingerprint density at radius 3 is 1.33 bits per heavy atom. The third-order valence-corrected chi connectivity index (χ3v) is 7.29. The van der Waals surface area contributed by atoms with Crippen LogP contribution in [0, 0.1) is 3.57 Å². The summed E-state index contributed by atoms with van der Waals surface area (Å²) in [6, 6.07) is 7.22. The Balaban J connectivity index is 3.30. The maximum Gasteiger partial charge on any atom is 0.0776 e. The van der Waals surface area contributed by atoms with Crippen LogP contribution >= 0.6 is 22.6 Å². The van der Waals surface area contributed by atoms with Gasteiger partial charge in [0.2, 0.25) is 0 Å². The molecule has 0 aliphatic carbocycles. The van der Waals surface area contributed by atoms with Crippen LogP contribution in [0.2, 0.25) is 39.3 Å². The van der Waals surface area contributed by atoms with Gasteiger partial charge >= 0.3 is 0 Å². The van der Waals surface area contributed by atoms with E-state index in [0.717, 1.165) is 0 Å². The first kappa shape index (κ1) is 13.4. The zero-order valence-electron chi connectivity index (χ0n) is 10.6. The fourth-order valence-electron chi connectivity index (χ4n) is 1.46. The summed E-state index contributed by atoms with van der Waals surface area (Å²) in [5.41, 5.74) is 0. The summed E-state index contributed by atoms with van der Waals surface area (Å²) in [6.45, 7) is 14.5. The highest BCUT2D eigenvalue weighted by molar-refractivity contribution is 14.1. The molecule has 0 aliphatic rings. The molecule has 1 aromatic carbocycles. The lowest BCUT2D eigenvalue weighted by Crippen LogP contribution is -2.45. The lowest BCUT2D eigenvalue weighted by atomic mass is 10.4. The summed E-state index contributed by atoms with van der Waals surface area (Å²) in [7, 11) is -2.31. The van der Waals surface area contributed by atoms with Crippen LogP contribution in [0.15, 0.2) is 18.2 Å². The van der Waals surface area contributed by atoms with Crippen LogP contribution < -0.4 is 10.4 Å². The van der Waals surface area contributed by atoms with E-state index in [0.29, 0.717) is 0 Å². The maximum absolute atomic E-state index is 2.47. The highest BCUT2D eigenvalue weighted by atomic mass is 127. The van der Waals surface area contributed by atoms with E-state index in [-0.39, 0.29) is 0 Å². The van der Waals surface area contributed by atoms with Gasteiger partial charge in [0.25, 0.3) is 0 Å². The van der Waals surface area contributed by atoms with Gasteiger partial charge in [0, 0.05) is 3.57 Å². The molecule has 0 atom stereocenters. The van der Waals surface area contributed by atoms with E-state index in [4.69, 9.17) is 0 Å². The molecule has 84 valence electrons. The zero-order chi connectivity index (χ0) is 11.9. The number of hydrogen-bond acceptors (Lipinski definition) is 0. The topological polar surface area (TPSA) is 0 Å². The molecule has 1 rings (SSSR count). The quantitative estimate of drug-likeness (QED) is 0.568. The van der Waals surface area contributed by atoms with Gasteiger partial charge in [-0.05, 0) is 34.7 Å². The minimum absolute atomic E-state index is 1.16. The van der Waals surface area contributed by atoms with Gasteiger partial charge in [0.15, 0.2) is 0 Å². The second kappa shape index (κ2) is 4.33. The van der Waals surface area contributed by atoms with Crippen LogP contribution in [0.1, 0.15) is 0 Å². The average molecular weight is 348 g/mol. The molecule has 0 bridgehead atoms. The van der Waals surface area contributed by atoms with Crippen LogP contribution in [-0.4, -0.2) is 16.1 Å². The van der Waals surface area contributed by atoms with Gasteiger partial charge in [-0.15, -0.1) is 0 Å². The summed E-state index contributed by atoms with van der Waals surface area (Å²) < 4.78 is 1.41. The van der Waals surface area contributed by atoms with Crippen molar-refractivity contribution < 1.29 is 0 Å². The molecule has 1 aromatic rings. The van der Waals surface area contributed by atoms with E-state index in [1.165, 1.54) is 3.57 Å². The fraction of sp³-hybridized carbons (Fsp3) is 0.500. The van der Waals surface area contributed by atoms with Crippen LogP contribution in [0.3, 0.4) is 0 Å².